The van der Waals surface area contributed by atoms with Crippen LogP contribution in [0.3, 0.4) is 0 Å². The lowest BCUT2D eigenvalue weighted by Crippen LogP contribution is -2.30. The lowest BCUT2D eigenvalue weighted by atomic mass is 10.2. The van der Waals surface area contributed by atoms with Crippen molar-refractivity contribution in [3.63, 3.8) is 0 Å². The van der Waals surface area contributed by atoms with Gasteiger partial charge in [0.15, 0.2) is 6.10 Å². The van der Waals surface area contributed by atoms with E-state index in [9.17, 15) is 33.9 Å². The van der Waals surface area contributed by atoms with Gasteiger partial charge in [0.25, 0.3) is 0 Å². The number of ether oxygens (including phenoxy) is 2. The SMILES string of the molecule is C=C(CC(=O)OC(=O)CC(O)C(=O)OC(=O)CC(=C)C(=O)O)C(=O)O. The molecule has 0 aliphatic rings. The number of carboxylic acid groups (broad SMARTS) is 2. The molecule has 0 aromatic heterocycles. The minimum absolute atomic E-state index is 0.540. The highest BCUT2D eigenvalue weighted by molar-refractivity contribution is 5.97. The van der Waals surface area contributed by atoms with Crippen molar-refractivity contribution in [3.05, 3.63) is 24.3 Å². The summed E-state index contributed by atoms with van der Waals surface area (Å²) < 4.78 is 8.24. The lowest BCUT2D eigenvalue weighted by Gasteiger charge is -2.09. The number of rotatable bonds is 9. The molecular formula is C14H14O11. The molecule has 0 rings (SSSR count). The quantitative estimate of drug-likeness (QED) is 0.259. The van der Waals surface area contributed by atoms with Gasteiger partial charge in [-0.3, -0.25) is 14.4 Å². The van der Waals surface area contributed by atoms with Gasteiger partial charge in [0.05, 0.1) is 19.3 Å². The molecule has 0 saturated heterocycles. The summed E-state index contributed by atoms with van der Waals surface area (Å²) in [6.45, 7) is 6.07. The Hall–Kier alpha value is -3.34. The fourth-order valence-corrected chi connectivity index (χ4v) is 1.16. The fraction of sp³-hybridized carbons (Fsp3) is 0.286. The monoisotopic (exact) mass is 358 g/mol. The zero-order valence-corrected chi connectivity index (χ0v) is 12.7. The minimum atomic E-state index is -2.16. The van der Waals surface area contributed by atoms with Crippen molar-refractivity contribution in [2.24, 2.45) is 0 Å². The Balaban J connectivity index is 4.40. The second-order valence-corrected chi connectivity index (χ2v) is 4.53. The van der Waals surface area contributed by atoms with Crippen LogP contribution in [0.15, 0.2) is 24.3 Å². The molecule has 0 aromatic carbocycles. The lowest BCUT2D eigenvalue weighted by molar-refractivity contribution is -0.171. The predicted molar refractivity (Wildman–Crippen MR) is 75.6 cm³/mol. The highest BCUT2D eigenvalue weighted by Crippen LogP contribution is 2.05. The molecule has 25 heavy (non-hydrogen) atoms. The average molecular weight is 358 g/mol. The van der Waals surface area contributed by atoms with Crippen LogP contribution < -0.4 is 0 Å². The summed E-state index contributed by atoms with van der Waals surface area (Å²) >= 11 is 0. The first kappa shape index (κ1) is 21.7. The number of hydrogen-bond donors (Lipinski definition) is 3. The molecule has 11 heteroatoms. The number of aliphatic hydroxyl groups excluding tert-OH is 1. The average Bonchev–Trinajstić information content (AvgIpc) is 2.45. The van der Waals surface area contributed by atoms with Crippen LogP contribution in [0, 0.1) is 0 Å². The summed E-state index contributed by atoms with van der Waals surface area (Å²) in [6.07, 6.45) is -4.84. The third-order valence-corrected chi connectivity index (χ3v) is 2.39. The summed E-state index contributed by atoms with van der Waals surface area (Å²) in [6, 6.07) is 0. The Labute approximate surface area is 140 Å². The van der Waals surface area contributed by atoms with Crippen molar-refractivity contribution in [2.75, 3.05) is 0 Å². The summed E-state index contributed by atoms with van der Waals surface area (Å²) in [5.41, 5.74) is -1.10. The second kappa shape index (κ2) is 9.72. The molecule has 0 radical (unpaired) electrons. The molecule has 0 aliphatic carbocycles. The fourth-order valence-electron chi connectivity index (χ4n) is 1.16. The van der Waals surface area contributed by atoms with Crippen LogP contribution in [0.2, 0.25) is 0 Å². The van der Waals surface area contributed by atoms with Crippen LogP contribution in [0.5, 0.6) is 0 Å². The number of hydrogen-bond acceptors (Lipinski definition) is 9. The molecule has 1 atom stereocenters. The molecule has 3 N–H and O–H groups in total. The molecule has 0 fully saturated rings. The molecular weight excluding hydrogens is 344 g/mol. The molecule has 0 heterocycles. The van der Waals surface area contributed by atoms with E-state index in [0.717, 1.165) is 0 Å². The molecule has 0 spiro atoms. The first-order chi connectivity index (χ1) is 11.4. The zero-order valence-electron chi connectivity index (χ0n) is 12.7. The number of esters is 4. The van der Waals surface area contributed by atoms with Crippen molar-refractivity contribution in [3.8, 4) is 0 Å². The van der Waals surface area contributed by atoms with E-state index >= 15 is 0 Å². The van der Waals surface area contributed by atoms with E-state index in [0.29, 0.717) is 0 Å². The molecule has 0 aliphatic heterocycles. The van der Waals surface area contributed by atoms with Gasteiger partial charge in [-0.1, -0.05) is 13.2 Å². The number of aliphatic carboxylic acids is 2. The number of carbonyl (C=O) groups excluding carboxylic acids is 4. The standard InChI is InChI=1S/C14H14O11/c1-6(12(19)20)3-9(16)24-11(18)5-8(15)14(23)25-10(17)4-7(2)13(21)22/h8,15H,1-5H2,(H,19,20)(H,21,22). The number of carboxylic acids is 2. The predicted octanol–water partition coefficient (Wildman–Crippen LogP) is -1.06. The summed E-state index contributed by atoms with van der Waals surface area (Å²) in [4.78, 5) is 65.9. The maximum atomic E-state index is 11.3. The smallest absolute Gasteiger partial charge is 0.343 e. The molecule has 0 bridgehead atoms. The van der Waals surface area contributed by atoms with Crippen LogP contribution in [0.25, 0.3) is 0 Å². The summed E-state index contributed by atoms with van der Waals surface area (Å²) in [5, 5.41) is 26.4. The van der Waals surface area contributed by atoms with E-state index in [1.54, 1.807) is 0 Å². The molecule has 136 valence electrons. The van der Waals surface area contributed by atoms with E-state index in [1.165, 1.54) is 0 Å². The van der Waals surface area contributed by atoms with Crippen LogP contribution in [0.4, 0.5) is 0 Å². The van der Waals surface area contributed by atoms with Gasteiger partial charge >= 0.3 is 35.8 Å². The zero-order chi connectivity index (χ0) is 19.7. The van der Waals surface area contributed by atoms with Gasteiger partial charge in [0, 0.05) is 11.1 Å². The normalized spacial score (nSPS) is 10.9. The van der Waals surface area contributed by atoms with Gasteiger partial charge in [-0.25, -0.2) is 14.4 Å². The Bertz CT molecular complexity index is 643. The van der Waals surface area contributed by atoms with Crippen LogP contribution in [-0.4, -0.2) is 57.2 Å². The van der Waals surface area contributed by atoms with Crippen molar-refractivity contribution in [2.45, 2.75) is 25.4 Å². The van der Waals surface area contributed by atoms with Gasteiger partial charge in [-0.15, -0.1) is 0 Å². The van der Waals surface area contributed by atoms with Crippen LogP contribution in [0.1, 0.15) is 19.3 Å². The van der Waals surface area contributed by atoms with E-state index in [2.05, 4.69) is 22.6 Å². The summed E-state index contributed by atoms with van der Waals surface area (Å²) in [7, 11) is 0. The van der Waals surface area contributed by atoms with Crippen molar-refractivity contribution >= 4 is 35.8 Å². The maximum absolute atomic E-state index is 11.3. The topological polar surface area (TPSA) is 182 Å². The van der Waals surface area contributed by atoms with Crippen LogP contribution >= 0.6 is 0 Å². The Morgan fingerprint density at radius 3 is 1.56 bits per heavy atom. The molecule has 0 aromatic rings. The largest absolute Gasteiger partial charge is 0.478 e. The Morgan fingerprint density at radius 1 is 0.760 bits per heavy atom. The van der Waals surface area contributed by atoms with Crippen LogP contribution in [-0.2, 0) is 38.2 Å². The van der Waals surface area contributed by atoms with E-state index in [4.69, 9.17) is 10.2 Å². The van der Waals surface area contributed by atoms with Gasteiger partial charge < -0.3 is 24.8 Å². The maximum Gasteiger partial charge on any atom is 0.343 e. The van der Waals surface area contributed by atoms with Crippen molar-refractivity contribution in [1.82, 2.24) is 0 Å². The molecule has 0 amide bonds. The number of carbonyl (C=O) groups is 6. The van der Waals surface area contributed by atoms with Gasteiger partial charge in [0.2, 0.25) is 0 Å². The highest BCUT2D eigenvalue weighted by atomic mass is 16.6. The minimum Gasteiger partial charge on any atom is -0.478 e. The molecule has 1 unspecified atom stereocenters. The first-order valence-corrected chi connectivity index (χ1v) is 6.42. The first-order valence-electron chi connectivity index (χ1n) is 6.42. The Kier molecular flexibility index (Phi) is 8.42. The van der Waals surface area contributed by atoms with Crippen molar-refractivity contribution in [1.29, 1.82) is 0 Å². The van der Waals surface area contributed by atoms with E-state index in [1.807, 2.05) is 0 Å². The van der Waals surface area contributed by atoms with Gasteiger partial charge in [0.1, 0.15) is 0 Å². The molecule has 11 nitrogen and oxygen atoms in total. The third kappa shape index (κ3) is 8.76. The third-order valence-electron chi connectivity index (χ3n) is 2.39. The summed E-state index contributed by atoms with van der Waals surface area (Å²) in [5.74, 6) is -8.51. The van der Waals surface area contributed by atoms with Gasteiger partial charge in [-0.2, -0.15) is 0 Å². The second-order valence-electron chi connectivity index (χ2n) is 4.53. The Morgan fingerprint density at radius 2 is 1.16 bits per heavy atom. The highest BCUT2D eigenvalue weighted by Gasteiger charge is 2.26. The van der Waals surface area contributed by atoms with E-state index in [-0.39, 0.29) is 0 Å². The van der Waals surface area contributed by atoms with E-state index < -0.39 is 72.3 Å². The number of aliphatic hydroxyl groups is 1. The molecule has 0 saturated carbocycles. The van der Waals surface area contributed by atoms with Crippen molar-refractivity contribution < 1.29 is 53.6 Å². The van der Waals surface area contributed by atoms with Gasteiger partial charge in [-0.05, 0) is 0 Å².